The first-order chi connectivity index (χ1) is 10.5. The van der Waals surface area contributed by atoms with Crippen LogP contribution in [0, 0.1) is 0 Å². The average molecular weight is 322 g/mol. The number of amides is 1. The molecule has 1 aromatic rings. The summed E-state index contributed by atoms with van der Waals surface area (Å²) in [6, 6.07) is 4.11. The summed E-state index contributed by atoms with van der Waals surface area (Å²) >= 11 is 1.70. The number of carbonyl (C=O) groups is 1. The molecule has 122 valence electrons. The third-order valence-electron chi connectivity index (χ3n) is 3.13. The lowest BCUT2D eigenvalue weighted by atomic mass is 10.3. The van der Waals surface area contributed by atoms with E-state index in [4.69, 9.17) is 0 Å². The Bertz CT molecular complexity index is 482. The number of nitrogens with one attached hydrogen (secondary N) is 1. The molecular weight excluding hydrogens is 296 g/mol. The van der Waals surface area contributed by atoms with Gasteiger partial charge in [-0.05, 0) is 24.3 Å². The van der Waals surface area contributed by atoms with Crippen molar-refractivity contribution in [2.45, 2.75) is 19.4 Å². The van der Waals surface area contributed by atoms with Crippen LogP contribution in [0.4, 0.5) is 0 Å². The van der Waals surface area contributed by atoms with E-state index in [1.807, 2.05) is 19.2 Å². The predicted octanol–water partition coefficient (Wildman–Crippen LogP) is 2.18. The number of unbranched alkanes of at least 4 members (excludes halogenated alkanes) is 1. The molecule has 1 aromatic heterocycles. The molecule has 0 unspecified atom stereocenters. The van der Waals surface area contributed by atoms with Crippen molar-refractivity contribution >= 4 is 23.2 Å². The highest BCUT2D eigenvalue weighted by atomic mass is 32.1. The molecular formula is C16H26N4OS. The maximum atomic E-state index is 11.7. The molecule has 0 radical (unpaired) electrons. The van der Waals surface area contributed by atoms with Crippen LogP contribution in [0.1, 0.15) is 17.7 Å². The van der Waals surface area contributed by atoms with Crippen molar-refractivity contribution in [3.63, 3.8) is 0 Å². The fourth-order valence-corrected chi connectivity index (χ4v) is 2.40. The number of thiophene rings is 1. The van der Waals surface area contributed by atoms with Gasteiger partial charge in [0.05, 0.1) is 6.54 Å². The van der Waals surface area contributed by atoms with Crippen molar-refractivity contribution in [2.75, 3.05) is 34.2 Å². The summed E-state index contributed by atoms with van der Waals surface area (Å²) in [6.07, 6.45) is 3.90. The zero-order valence-electron chi connectivity index (χ0n) is 13.7. The summed E-state index contributed by atoms with van der Waals surface area (Å²) in [7, 11) is 5.47. The second-order valence-electron chi connectivity index (χ2n) is 5.21. The van der Waals surface area contributed by atoms with E-state index in [1.54, 1.807) is 30.3 Å². The van der Waals surface area contributed by atoms with Gasteiger partial charge in [0.15, 0.2) is 5.96 Å². The first-order valence-corrected chi connectivity index (χ1v) is 8.25. The van der Waals surface area contributed by atoms with Crippen LogP contribution in [0.2, 0.25) is 0 Å². The summed E-state index contributed by atoms with van der Waals surface area (Å²) in [5, 5.41) is 5.39. The maximum Gasteiger partial charge on any atom is 0.243 e. The minimum atomic E-state index is -0.00471. The first-order valence-electron chi connectivity index (χ1n) is 7.37. The molecule has 0 fully saturated rings. The van der Waals surface area contributed by atoms with Gasteiger partial charge in [-0.25, -0.2) is 4.99 Å². The zero-order chi connectivity index (χ0) is 16.4. The highest BCUT2D eigenvalue weighted by molar-refractivity contribution is 7.09. The van der Waals surface area contributed by atoms with E-state index in [9.17, 15) is 4.79 Å². The molecule has 0 atom stereocenters. The lowest BCUT2D eigenvalue weighted by Crippen LogP contribution is -2.40. The number of hydrogen-bond donors (Lipinski definition) is 1. The van der Waals surface area contributed by atoms with Gasteiger partial charge >= 0.3 is 0 Å². The van der Waals surface area contributed by atoms with Crippen LogP contribution in [0.3, 0.4) is 0 Å². The Morgan fingerprint density at radius 2 is 2.23 bits per heavy atom. The van der Waals surface area contributed by atoms with Gasteiger partial charge in [-0.3, -0.25) is 4.79 Å². The number of hydrogen-bond acceptors (Lipinski definition) is 3. The molecule has 0 aliphatic carbocycles. The number of aliphatic imine (C=N–C) groups is 1. The summed E-state index contributed by atoms with van der Waals surface area (Å²) in [6.45, 7) is 5.49. The molecule has 0 aliphatic rings. The molecule has 1 heterocycles. The number of nitrogens with zero attached hydrogens (tertiary/aromatic N) is 3. The number of carbonyl (C=O) groups excluding carboxylic acids is 1. The maximum absolute atomic E-state index is 11.7. The van der Waals surface area contributed by atoms with Gasteiger partial charge < -0.3 is 15.1 Å². The molecule has 5 nitrogen and oxygen atoms in total. The molecule has 1 N–H and O–H groups in total. The largest absolute Gasteiger partial charge is 0.351 e. The van der Waals surface area contributed by atoms with Gasteiger partial charge in [0.1, 0.15) is 6.54 Å². The third kappa shape index (κ3) is 6.76. The van der Waals surface area contributed by atoms with Gasteiger partial charge in [-0.2, -0.15) is 0 Å². The molecule has 0 saturated carbocycles. The van der Waals surface area contributed by atoms with Crippen molar-refractivity contribution in [3.8, 4) is 0 Å². The van der Waals surface area contributed by atoms with E-state index in [0.29, 0.717) is 0 Å². The molecule has 0 spiro atoms. The SMILES string of the molecule is C=CCCCN(C)C(=NCC(=O)N(C)C)NCc1cccs1. The fourth-order valence-electron chi connectivity index (χ4n) is 1.75. The molecule has 22 heavy (non-hydrogen) atoms. The summed E-state index contributed by atoms with van der Waals surface area (Å²) in [4.78, 5) is 21.0. The van der Waals surface area contributed by atoms with Crippen LogP contribution in [-0.4, -0.2) is 55.9 Å². The molecule has 0 aromatic carbocycles. The molecule has 0 bridgehead atoms. The Balaban J connectivity index is 2.63. The van der Waals surface area contributed by atoms with Gasteiger partial charge in [0, 0.05) is 32.6 Å². The van der Waals surface area contributed by atoms with Crippen LogP contribution in [-0.2, 0) is 11.3 Å². The molecule has 0 saturated heterocycles. The molecule has 1 rings (SSSR count). The minimum Gasteiger partial charge on any atom is -0.351 e. The Morgan fingerprint density at radius 3 is 2.82 bits per heavy atom. The smallest absolute Gasteiger partial charge is 0.243 e. The van der Waals surface area contributed by atoms with Gasteiger partial charge in [-0.15, -0.1) is 17.9 Å². The van der Waals surface area contributed by atoms with Crippen LogP contribution < -0.4 is 5.32 Å². The van der Waals surface area contributed by atoms with Crippen molar-refractivity contribution in [2.24, 2.45) is 4.99 Å². The summed E-state index contributed by atoms with van der Waals surface area (Å²) in [5.41, 5.74) is 0. The first kappa shape index (κ1) is 18.2. The van der Waals surface area contributed by atoms with Gasteiger partial charge in [0.2, 0.25) is 5.91 Å². The van der Waals surface area contributed by atoms with Crippen LogP contribution in [0.25, 0.3) is 0 Å². The van der Waals surface area contributed by atoms with E-state index < -0.39 is 0 Å². The van der Waals surface area contributed by atoms with E-state index >= 15 is 0 Å². The van der Waals surface area contributed by atoms with Crippen molar-refractivity contribution in [1.82, 2.24) is 15.1 Å². The minimum absolute atomic E-state index is 0.00471. The van der Waals surface area contributed by atoms with E-state index in [1.165, 1.54) is 4.88 Å². The van der Waals surface area contributed by atoms with E-state index in [-0.39, 0.29) is 12.5 Å². The van der Waals surface area contributed by atoms with Crippen molar-refractivity contribution < 1.29 is 4.79 Å². The molecule has 6 heteroatoms. The Labute approximate surface area is 137 Å². The number of rotatable bonds is 8. The van der Waals surface area contributed by atoms with Gasteiger partial charge in [-0.1, -0.05) is 12.1 Å². The standard InChI is InChI=1S/C16H26N4OS/c1-5-6-7-10-20(4)16(18-13-15(21)19(2)3)17-12-14-9-8-11-22-14/h5,8-9,11H,1,6-7,10,12-13H2,2-4H3,(H,17,18). The van der Waals surface area contributed by atoms with Crippen LogP contribution in [0.5, 0.6) is 0 Å². The van der Waals surface area contributed by atoms with E-state index in [2.05, 4.69) is 33.2 Å². The quantitative estimate of drug-likeness (QED) is 0.345. The van der Waals surface area contributed by atoms with Crippen LogP contribution >= 0.6 is 11.3 Å². The van der Waals surface area contributed by atoms with E-state index in [0.717, 1.165) is 31.9 Å². The van der Waals surface area contributed by atoms with Crippen molar-refractivity contribution in [1.29, 1.82) is 0 Å². The lowest BCUT2D eigenvalue weighted by Gasteiger charge is -2.22. The fraction of sp³-hybridized carbons (Fsp3) is 0.500. The van der Waals surface area contributed by atoms with Crippen molar-refractivity contribution in [3.05, 3.63) is 35.0 Å². The third-order valence-corrected chi connectivity index (χ3v) is 4.00. The number of guanidine groups is 1. The molecule has 0 aliphatic heterocycles. The predicted molar refractivity (Wildman–Crippen MR) is 94.2 cm³/mol. The Kier molecular flexibility index (Phi) is 8.28. The summed E-state index contributed by atoms with van der Waals surface area (Å²) in [5.74, 6) is 0.752. The summed E-state index contributed by atoms with van der Waals surface area (Å²) < 4.78 is 0. The highest BCUT2D eigenvalue weighted by Gasteiger charge is 2.09. The average Bonchev–Trinajstić information content (AvgIpc) is 3.00. The monoisotopic (exact) mass is 322 g/mol. The van der Waals surface area contributed by atoms with Gasteiger partial charge in [0.25, 0.3) is 0 Å². The molecule has 1 amide bonds. The Hall–Kier alpha value is -1.82. The number of allylic oxidation sites excluding steroid dienone is 1. The normalized spacial score (nSPS) is 11.1. The zero-order valence-corrected chi connectivity index (χ0v) is 14.5. The van der Waals surface area contributed by atoms with Crippen LogP contribution in [0.15, 0.2) is 35.2 Å². The second-order valence-corrected chi connectivity index (χ2v) is 6.25. The highest BCUT2D eigenvalue weighted by Crippen LogP contribution is 2.07. The second kappa shape index (κ2) is 10.00. The topological polar surface area (TPSA) is 47.9 Å². The lowest BCUT2D eigenvalue weighted by molar-refractivity contribution is -0.127. The number of likely N-dealkylation sites (N-methyl/N-ethyl adjacent to an activating group) is 1. The Morgan fingerprint density at radius 1 is 1.45 bits per heavy atom.